The predicted octanol–water partition coefficient (Wildman–Crippen LogP) is 5.29. The summed E-state index contributed by atoms with van der Waals surface area (Å²) in [7, 11) is 0. The molecule has 0 aliphatic carbocycles. The van der Waals surface area contributed by atoms with E-state index in [1.165, 1.54) is 29.2 Å². The van der Waals surface area contributed by atoms with Crippen molar-refractivity contribution >= 4 is 29.4 Å². The Morgan fingerprint density at radius 2 is 1.94 bits per heavy atom. The second-order valence-corrected chi connectivity index (χ2v) is 8.65. The van der Waals surface area contributed by atoms with Crippen LogP contribution in [0.3, 0.4) is 0 Å². The Labute approximate surface area is 212 Å². The molecule has 3 aromatic rings. The molecule has 2 N–H and O–H groups in total. The van der Waals surface area contributed by atoms with Gasteiger partial charge in [0.05, 0.1) is 6.54 Å². The molecular formula is C25H22ClFN6O3. The number of carbonyl (C=O) groups is 2. The smallest absolute Gasteiger partial charge is 0.331 e. The van der Waals surface area contributed by atoms with E-state index in [0.717, 1.165) is 10.5 Å². The molecular weight excluding hydrogens is 487 g/mol. The molecule has 1 aliphatic rings. The zero-order valence-corrected chi connectivity index (χ0v) is 20.2. The third kappa shape index (κ3) is 5.47. The van der Waals surface area contributed by atoms with Crippen LogP contribution in [0.25, 0.3) is 0 Å². The Hall–Kier alpha value is -4.36. The highest BCUT2D eigenvalue weighted by Gasteiger charge is 2.39. The molecule has 1 fully saturated rings. The molecule has 0 radical (unpaired) electrons. The van der Waals surface area contributed by atoms with Gasteiger partial charge in [0.2, 0.25) is 5.88 Å². The number of pyridine rings is 1. The highest BCUT2D eigenvalue weighted by Crippen LogP contribution is 2.27. The summed E-state index contributed by atoms with van der Waals surface area (Å²) in [5.41, 5.74) is 1.23. The number of nitrogens with zero attached hydrogens (tertiary/aromatic N) is 4. The highest BCUT2D eigenvalue weighted by atomic mass is 35.5. The van der Waals surface area contributed by atoms with Gasteiger partial charge < -0.3 is 10.1 Å². The number of carbonyl (C=O) groups excluding carboxylic acids is 2. The van der Waals surface area contributed by atoms with E-state index in [9.17, 15) is 14.0 Å². The number of benzene rings is 2. The van der Waals surface area contributed by atoms with E-state index < -0.39 is 24.2 Å². The van der Waals surface area contributed by atoms with Gasteiger partial charge in [0.1, 0.15) is 11.8 Å². The fourth-order valence-electron chi connectivity index (χ4n) is 3.59. The van der Waals surface area contributed by atoms with Crippen molar-refractivity contribution in [2.24, 2.45) is 0 Å². The number of halogens is 2. The first-order valence-corrected chi connectivity index (χ1v) is 11.4. The maximum atomic E-state index is 14.8. The van der Waals surface area contributed by atoms with Gasteiger partial charge in [0, 0.05) is 28.9 Å². The Morgan fingerprint density at radius 1 is 1.19 bits per heavy atom. The number of aromatic nitrogens is 1. The van der Waals surface area contributed by atoms with E-state index in [1.807, 2.05) is 6.07 Å². The fraction of sp³-hybridized carbons (Fsp3) is 0.200. The average molecular weight is 509 g/mol. The van der Waals surface area contributed by atoms with E-state index in [-0.39, 0.29) is 29.9 Å². The SMILES string of the molecule is CC(C)N1C(=O)NC(Nc2ccc(Oc3cccc(C#N)n3)c(F)c2)N(Cc2ccc(Cl)cc2)C1=O. The Kier molecular flexibility index (Phi) is 7.22. The van der Waals surface area contributed by atoms with Crippen molar-refractivity contribution in [3.63, 3.8) is 0 Å². The van der Waals surface area contributed by atoms with Crippen LogP contribution in [-0.4, -0.2) is 39.2 Å². The number of hydrogen-bond acceptors (Lipinski definition) is 6. The van der Waals surface area contributed by atoms with Crippen LogP contribution in [0.5, 0.6) is 11.6 Å². The Morgan fingerprint density at radius 3 is 2.61 bits per heavy atom. The van der Waals surface area contributed by atoms with Crippen molar-refractivity contribution < 1.29 is 18.7 Å². The maximum absolute atomic E-state index is 14.8. The minimum absolute atomic E-state index is 0.0710. The van der Waals surface area contributed by atoms with Crippen LogP contribution in [0.15, 0.2) is 60.7 Å². The number of hydrogen-bond donors (Lipinski definition) is 2. The van der Waals surface area contributed by atoms with Crippen molar-refractivity contribution in [2.45, 2.75) is 32.7 Å². The third-order valence-electron chi connectivity index (χ3n) is 5.31. The lowest BCUT2D eigenvalue weighted by atomic mass is 10.2. The van der Waals surface area contributed by atoms with Gasteiger partial charge in [-0.15, -0.1) is 0 Å². The van der Waals surface area contributed by atoms with Crippen LogP contribution in [0, 0.1) is 17.1 Å². The van der Waals surface area contributed by atoms with Gasteiger partial charge in [0.15, 0.2) is 17.9 Å². The molecule has 0 bridgehead atoms. The van der Waals surface area contributed by atoms with Gasteiger partial charge in [-0.3, -0.25) is 10.2 Å². The molecule has 1 saturated heterocycles. The Bertz CT molecular complexity index is 1330. The summed E-state index contributed by atoms with van der Waals surface area (Å²) in [6.45, 7) is 3.64. The number of amides is 4. The van der Waals surface area contributed by atoms with Gasteiger partial charge in [-0.25, -0.2) is 23.9 Å². The molecule has 1 atom stereocenters. The van der Waals surface area contributed by atoms with Crippen LogP contribution in [0.1, 0.15) is 25.1 Å². The summed E-state index contributed by atoms with van der Waals surface area (Å²) >= 11 is 5.97. The van der Waals surface area contributed by atoms with Gasteiger partial charge in [-0.05, 0) is 49.7 Å². The molecule has 1 unspecified atom stereocenters. The molecule has 1 aromatic heterocycles. The average Bonchev–Trinajstić information content (AvgIpc) is 2.84. The van der Waals surface area contributed by atoms with Gasteiger partial charge in [-0.2, -0.15) is 5.26 Å². The summed E-state index contributed by atoms with van der Waals surface area (Å²) in [5.74, 6) is -0.733. The summed E-state index contributed by atoms with van der Waals surface area (Å²) in [4.78, 5) is 32.4. The molecule has 11 heteroatoms. The number of nitriles is 1. The number of nitrogens with one attached hydrogen (secondary N) is 2. The first-order chi connectivity index (χ1) is 17.2. The molecule has 0 spiro atoms. The zero-order chi connectivity index (χ0) is 25.8. The molecule has 2 aromatic carbocycles. The summed E-state index contributed by atoms with van der Waals surface area (Å²) in [6, 6.07) is 16.1. The van der Waals surface area contributed by atoms with Crippen LogP contribution < -0.4 is 15.4 Å². The molecule has 2 heterocycles. The molecule has 184 valence electrons. The number of ether oxygens (including phenoxy) is 1. The molecule has 0 saturated carbocycles. The molecule has 4 amide bonds. The van der Waals surface area contributed by atoms with Crippen LogP contribution in [-0.2, 0) is 6.54 Å². The molecule has 4 rings (SSSR count). The maximum Gasteiger partial charge on any atom is 0.331 e. The zero-order valence-electron chi connectivity index (χ0n) is 19.4. The van der Waals surface area contributed by atoms with Crippen molar-refractivity contribution in [1.29, 1.82) is 5.26 Å². The lowest BCUT2D eigenvalue weighted by molar-refractivity contribution is 0.0975. The second-order valence-electron chi connectivity index (χ2n) is 8.22. The summed E-state index contributed by atoms with van der Waals surface area (Å²) < 4.78 is 20.3. The fourth-order valence-corrected chi connectivity index (χ4v) is 3.72. The van der Waals surface area contributed by atoms with Crippen LogP contribution >= 0.6 is 11.6 Å². The van der Waals surface area contributed by atoms with Crippen molar-refractivity contribution in [3.8, 4) is 17.7 Å². The van der Waals surface area contributed by atoms with E-state index >= 15 is 0 Å². The summed E-state index contributed by atoms with van der Waals surface area (Å²) in [5, 5.41) is 15.3. The number of urea groups is 2. The lowest BCUT2D eigenvalue weighted by Crippen LogP contribution is -2.68. The van der Waals surface area contributed by atoms with Crippen molar-refractivity contribution in [1.82, 2.24) is 20.1 Å². The van der Waals surface area contributed by atoms with Gasteiger partial charge in [0.25, 0.3) is 0 Å². The Balaban J connectivity index is 1.56. The van der Waals surface area contributed by atoms with E-state index in [4.69, 9.17) is 21.6 Å². The normalized spacial score (nSPS) is 15.5. The number of anilines is 1. The van der Waals surface area contributed by atoms with Gasteiger partial charge in [-0.1, -0.05) is 29.8 Å². The van der Waals surface area contributed by atoms with Gasteiger partial charge >= 0.3 is 12.1 Å². The minimum Gasteiger partial charge on any atom is -0.436 e. The van der Waals surface area contributed by atoms with E-state index in [2.05, 4.69) is 15.6 Å². The van der Waals surface area contributed by atoms with Crippen molar-refractivity contribution in [3.05, 3.63) is 82.8 Å². The highest BCUT2D eigenvalue weighted by molar-refractivity contribution is 6.30. The van der Waals surface area contributed by atoms with E-state index in [0.29, 0.717) is 10.7 Å². The second kappa shape index (κ2) is 10.5. The first-order valence-electron chi connectivity index (χ1n) is 11.0. The quantitative estimate of drug-likeness (QED) is 0.448. The lowest BCUT2D eigenvalue weighted by Gasteiger charge is -2.42. The first kappa shape index (κ1) is 24.8. The van der Waals surface area contributed by atoms with E-state index in [1.54, 1.807) is 50.2 Å². The standard InChI is InChI=1S/C25H22ClFN6O3/c1-15(2)33-24(34)31-23(32(25(33)35)14-16-6-8-17(26)9-7-16)30-18-10-11-21(20(27)12-18)36-22-5-3-4-19(13-28)29-22/h3-12,15,23,30H,14H2,1-2H3,(H,31,34). The monoisotopic (exact) mass is 508 g/mol. The molecule has 9 nitrogen and oxygen atoms in total. The topological polar surface area (TPSA) is 111 Å². The van der Waals surface area contributed by atoms with Crippen LogP contribution in [0.4, 0.5) is 19.7 Å². The van der Waals surface area contributed by atoms with Crippen LogP contribution in [0.2, 0.25) is 5.02 Å². The largest absolute Gasteiger partial charge is 0.436 e. The summed E-state index contributed by atoms with van der Waals surface area (Å²) in [6.07, 6.45) is -0.948. The molecule has 1 aliphatic heterocycles. The number of imide groups is 1. The van der Waals surface area contributed by atoms with Crippen molar-refractivity contribution in [2.75, 3.05) is 5.32 Å². The minimum atomic E-state index is -0.948. The predicted molar refractivity (Wildman–Crippen MR) is 131 cm³/mol. The third-order valence-corrected chi connectivity index (χ3v) is 5.56. The molecule has 36 heavy (non-hydrogen) atoms. The number of rotatable bonds is 7.